The van der Waals surface area contributed by atoms with Gasteiger partial charge in [0.1, 0.15) is 0 Å². The summed E-state index contributed by atoms with van der Waals surface area (Å²) in [5, 5.41) is 1.51. The Bertz CT molecular complexity index is 1870. The number of anilines is 1. The average Bonchev–Trinajstić information content (AvgIpc) is 3.28. The summed E-state index contributed by atoms with van der Waals surface area (Å²) in [4.78, 5) is 59.1. The van der Waals surface area contributed by atoms with Crippen molar-refractivity contribution in [3.05, 3.63) is 106 Å². The summed E-state index contributed by atoms with van der Waals surface area (Å²) in [6, 6.07) is 18.3. The van der Waals surface area contributed by atoms with Gasteiger partial charge in [-0.05, 0) is 80.3 Å². The second-order valence-corrected chi connectivity index (χ2v) is 12.1. The lowest BCUT2D eigenvalue weighted by Gasteiger charge is -2.22. The molecule has 44 heavy (non-hydrogen) atoms. The van der Waals surface area contributed by atoms with Crippen molar-refractivity contribution in [2.75, 3.05) is 4.90 Å². The number of aromatic nitrogens is 1. The predicted octanol–water partition coefficient (Wildman–Crippen LogP) is 7.65. The molecule has 1 saturated heterocycles. The zero-order valence-electron chi connectivity index (χ0n) is 24.2. The van der Waals surface area contributed by atoms with E-state index in [2.05, 4.69) is 0 Å². The number of hydrogen-bond donors (Lipinski definition) is 0. The van der Waals surface area contributed by atoms with Gasteiger partial charge in [-0.1, -0.05) is 60.5 Å². The molecule has 0 spiro atoms. The first-order valence-corrected chi connectivity index (χ1v) is 15.1. The fourth-order valence-corrected chi connectivity index (χ4v) is 6.31. The Labute approximate surface area is 264 Å². The van der Waals surface area contributed by atoms with Gasteiger partial charge in [0.25, 0.3) is 0 Å². The van der Waals surface area contributed by atoms with Crippen LogP contribution in [0.15, 0.2) is 78.9 Å². The number of amides is 2. The summed E-state index contributed by atoms with van der Waals surface area (Å²) in [5.41, 5.74) is 3.39. The number of esters is 1. The molecule has 1 aromatic heterocycles. The lowest BCUT2D eigenvalue weighted by Crippen LogP contribution is -2.31. The zero-order chi connectivity index (χ0) is 31.3. The van der Waals surface area contributed by atoms with E-state index in [9.17, 15) is 19.2 Å². The number of allylic oxidation sites excluding steroid dienone is 2. The number of pyridine rings is 1. The topological polar surface area (TPSA) is 93.6 Å². The third-order valence-electron chi connectivity index (χ3n) is 8.46. The van der Waals surface area contributed by atoms with Crippen molar-refractivity contribution in [1.82, 2.24) is 4.98 Å². The van der Waals surface area contributed by atoms with E-state index < -0.39 is 12.1 Å². The van der Waals surface area contributed by atoms with Crippen LogP contribution in [0.25, 0.3) is 22.2 Å². The molecule has 0 bridgehead atoms. The van der Waals surface area contributed by atoms with Gasteiger partial charge in [-0.25, -0.2) is 9.78 Å². The minimum absolute atomic E-state index is 0.00582. The molecule has 4 aromatic rings. The molecule has 2 amide bonds. The lowest BCUT2D eigenvalue weighted by molar-refractivity contribution is -0.122. The zero-order valence-corrected chi connectivity index (χ0v) is 25.7. The molecule has 0 saturated carbocycles. The first-order chi connectivity index (χ1) is 21.0. The highest BCUT2D eigenvalue weighted by atomic mass is 35.5. The van der Waals surface area contributed by atoms with Gasteiger partial charge < -0.3 is 4.74 Å². The van der Waals surface area contributed by atoms with Gasteiger partial charge in [-0.15, -0.1) is 0 Å². The Hall–Kier alpha value is -4.33. The number of hydrogen-bond acceptors (Lipinski definition) is 6. The Kier molecular flexibility index (Phi) is 7.86. The van der Waals surface area contributed by atoms with Gasteiger partial charge in [0, 0.05) is 26.6 Å². The average molecular weight is 628 g/mol. The van der Waals surface area contributed by atoms with E-state index in [1.54, 1.807) is 66.7 Å². The SMILES string of the molecule is Cc1c(Cl)ccc2c(C(=O)OC(C)C(=O)c3ccc(Cl)cc3)cc(-c3ccc(N4C(=O)C5CC=CC(C)C5C4=O)cc3)nc12. The fourth-order valence-electron chi connectivity index (χ4n) is 6.03. The number of carbonyl (C=O) groups excluding carboxylic acids is 4. The number of imide groups is 1. The molecule has 0 radical (unpaired) electrons. The van der Waals surface area contributed by atoms with Crippen molar-refractivity contribution in [2.45, 2.75) is 33.3 Å². The van der Waals surface area contributed by atoms with Crippen molar-refractivity contribution in [3.8, 4) is 11.3 Å². The minimum atomic E-state index is -1.06. The number of benzene rings is 3. The summed E-state index contributed by atoms with van der Waals surface area (Å²) < 4.78 is 5.65. The van der Waals surface area contributed by atoms with Crippen molar-refractivity contribution in [1.29, 1.82) is 0 Å². The van der Waals surface area contributed by atoms with Crippen molar-refractivity contribution < 1.29 is 23.9 Å². The highest BCUT2D eigenvalue weighted by molar-refractivity contribution is 6.32. The molecule has 222 valence electrons. The van der Waals surface area contributed by atoms with Crippen LogP contribution in [0.1, 0.15) is 46.5 Å². The van der Waals surface area contributed by atoms with Crippen molar-refractivity contribution in [3.63, 3.8) is 0 Å². The lowest BCUT2D eigenvalue weighted by atomic mass is 9.78. The van der Waals surface area contributed by atoms with E-state index >= 15 is 0 Å². The summed E-state index contributed by atoms with van der Waals surface area (Å²) >= 11 is 12.4. The molecule has 1 aliphatic heterocycles. The van der Waals surface area contributed by atoms with Crippen molar-refractivity contribution >= 4 is 63.4 Å². The van der Waals surface area contributed by atoms with Gasteiger partial charge in [-0.3, -0.25) is 19.3 Å². The molecule has 6 rings (SSSR count). The third-order valence-corrected chi connectivity index (χ3v) is 9.13. The molecular formula is C35H28Cl2N2O5. The van der Waals surface area contributed by atoms with Crippen LogP contribution in [0.4, 0.5) is 5.69 Å². The molecule has 7 nitrogen and oxygen atoms in total. The maximum absolute atomic E-state index is 13.5. The highest BCUT2D eigenvalue weighted by Crippen LogP contribution is 2.41. The maximum Gasteiger partial charge on any atom is 0.339 e. The van der Waals surface area contributed by atoms with Crippen LogP contribution in [-0.2, 0) is 14.3 Å². The number of rotatable bonds is 6. The van der Waals surface area contributed by atoms with Crippen LogP contribution in [0.5, 0.6) is 0 Å². The summed E-state index contributed by atoms with van der Waals surface area (Å²) in [6.07, 6.45) is 3.47. The number of ketones is 1. The smallest absolute Gasteiger partial charge is 0.339 e. The quantitative estimate of drug-likeness (QED) is 0.0944. The monoisotopic (exact) mass is 626 g/mol. The Morgan fingerprint density at radius 1 is 0.977 bits per heavy atom. The Morgan fingerprint density at radius 3 is 2.36 bits per heavy atom. The van der Waals surface area contributed by atoms with Crippen LogP contribution in [0.3, 0.4) is 0 Å². The van der Waals surface area contributed by atoms with Crippen LogP contribution in [0, 0.1) is 24.7 Å². The molecule has 9 heteroatoms. The van der Waals surface area contributed by atoms with Crippen molar-refractivity contribution in [2.24, 2.45) is 17.8 Å². The largest absolute Gasteiger partial charge is 0.451 e. The van der Waals surface area contributed by atoms with E-state index in [1.165, 1.54) is 11.8 Å². The second-order valence-electron chi connectivity index (χ2n) is 11.3. The van der Waals surface area contributed by atoms with Gasteiger partial charge in [-0.2, -0.15) is 0 Å². The van der Waals surface area contributed by atoms with E-state index in [0.29, 0.717) is 55.4 Å². The molecule has 2 aliphatic rings. The molecular weight excluding hydrogens is 599 g/mol. The molecule has 4 unspecified atom stereocenters. The number of aryl methyl sites for hydroxylation is 1. The second kappa shape index (κ2) is 11.6. The van der Waals surface area contributed by atoms with E-state index in [1.807, 2.05) is 26.0 Å². The normalized spacial score (nSPS) is 20.1. The Morgan fingerprint density at radius 2 is 1.68 bits per heavy atom. The first kappa shape index (κ1) is 29.7. The van der Waals surface area contributed by atoms with Crippen LogP contribution >= 0.6 is 23.2 Å². The van der Waals surface area contributed by atoms with Gasteiger partial charge >= 0.3 is 5.97 Å². The summed E-state index contributed by atoms with van der Waals surface area (Å²) in [6.45, 7) is 5.29. The molecule has 2 heterocycles. The number of carbonyl (C=O) groups is 4. The van der Waals surface area contributed by atoms with Crippen LogP contribution in [0.2, 0.25) is 10.0 Å². The Balaban J connectivity index is 1.33. The molecule has 1 aliphatic carbocycles. The minimum Gasteiger partial charge on any atom is -0.451 e. The van der Waals surface area contributed by atoms with Gasteiger partial charge in [0.15, 0.2) is 6.10 Å². The standard InChI is InChI=1S/C35H28Cl2N2O5/c1-18-5-4-6-26-30(18)34(42)39(33(26)41)24-13-9-21(10-14-24)29-17-27(25-15-16-28(37)19(2)31(25)38-29)35(43)44-20(3)32(40)22-7-11-23(36)12-8-22/h4-5,7-18,20,26,30H,6H2,1-3H3. The predicted molar refractivity (Wildman–Crippen MR) is 170 cm³/mol. The number of Topliss-reactive ketones (excluding diaryl/α,β-unsaturated/α-hetero) is 1. The highest BCUT2D eigenvalue weighted by Gasteiger charge is 2.50. The molecule has 4 atom stereocenters. The molecule has 1 fully saturated rings. The van der Waals surface area contributed by atoms with Gasteiger partial charge in [0.2, 0.25) is 17.6 Å². The van der Waals surface area contributed by atoms with E-state index in [0.717, 1.165) is 0 Å². The number of fused-ring (bicyclic) bond motifs is 2. The van der Waals surface area contributed by atoms with Gasteiger partial charge in [0.05, 0.1) is 34.3 Å². The molecule has 3 aromatic carbocycles. The summed E-state index contributed by atoms with van der Waals surface area (Å²) in [5.74, 6) is -2.14. The van der Waals surface area contributed by atoms with E-state index in [4.69, 9.17) is 32.9 Å². The van der Waals surface area contributed by atoms with Crippen LogP contribution in [-0.4, -0.2) is 34.7 Å². The first-order valence-electron chi connectivity index (χ1n) is 14.3. The maximum atomic E-state index is 13.5. The van der Waals surface area contributed by atoms with E-state index in [-0.39, 0.29) is 40.9 Å². The number of nitrogens with zero attached hydrogens (tertiary/aromatic N) is 2. The molecule has 0 N–H and O–H groups in total. The van der Waals surface area contributed by atoms with Crippen LogP contribution < -0.4 is 4.90 Å². The fraction of sp³-hybridized carbons (Fsp3) is 0.229. The third kappa shape index (κ3) is 5.20. The summed E-state index contributed by atoms with van der Waals surface area (Å²) in [7, 11) is 0. The number of ether oxygens (including phenoxy) is 1. The number of halogens is 2.